The Balaban J connectivity index is 1.07. The number of hydrogen-bond donors (Lipinski definition) is 1. The van der Waals surface area contributed by atoms with Crippen LogP contribution < -0.4 is 9.64 Å². The van der Waals surface area contributed by atoms with Gasteiger partial charge in [-0.3, -0.25) is 14.8 Å². The van der Waals surface area contributed by atoms with E-state index in [9.17, 15) is 4.79 Å². The summed E-state index contributed by atoms with van der Waals surface area (Å²) >= 11 is 0. The van der Waals surface area contributed by atoms with E-state index in [1.807, 2.05) is 25.2 Å². The molecule has 1 saturated carbocycles. The molecule has 1 aromatic heterocycles. The molecule has 3 heterocycles. The number of methoxy groups -OCH3 is 1. The van der Waals surface area contributed by atoms with Gasteiger partial charge in [-0.25, -0.2) is 0 Å². The predicted octanol–water partition coefficient (Wildman–Crippen LogP) is 5.75. The van der Waals surface area contributed by atoms with E-state index in [1.165, 1.54) is 5.56 Å². The van der Waals surface area contributed by atoms with Crippen molar-refractivity contribution < 1.29 is 14.3 Å². The minimum Gasteiger partial charge on any atom is -0.497 e. The van der Waals surface area contributed by atoms with Gasteiger partial charge in [-0.1, -0.05) is 42.5 Å². The zero-order chi connectivity index (χ0) is 28.3. The minimum absolute atomic E-state index is 0.139. The first-order valence-corrected chi connectivity index (χ1v) is 14.5. The van der Waals surface area contributed by atoms with Crippen molar-refractivity contribution >= 4 is 34.6 Å². The molecular weight excluding hydrogens is 512 g/mol. The van der Waals surface area contributed by atoms with Crippen LogP contribution in [-0.2, 0) is 21.5 Å². The third-order valence-electron chi connectivity index (χ3n) is 9.03. The van der Waals surface area contributed by atoms with Gasteiger partial charge in [-0.2, -0.15) is 5.10 Å². The number of carbonyl (C=O) groups is 1. The number of carbonyl (C=O) groups excluding carboxylic acids is 1. The lowest BCUT2D eigenvalue weighted by Gasteiger charge is -2.35. The lowest BCUT2D eigenvalue weighted by atomic mass is 9.91. The molecule has 7 rings (SSSR count). The van der Waals surface area contributed by atoms with Gasteiger partial charge in [0.1, 0.15) is 5.75 Å². The number of fused-ring (bicyclic) bond motifs is 3. The fourth-order valence-corrected chi connectivity index (χ4v) is 7.00. The summed E-state index contributed by atoms with van der Waals surface area (Å²) in [5.74, 6) is 1.09. The number of likely N-dealkylation sites (N-methyl/N-ethyl adjacent to an activating group) is 1. The van der Waals surface area contributed by atoms with E-state index in [0.717, 1.165) is 70.8 Å². The molecule has 3 aliphatic rings. The van der Waals surface area contributed by atoms with Gasteiger partial charge in [0.05, 0.1) is 35.9 Å². The molecule has 4 aromatic rings. The van der Waals surface area contributed by atoms with Crippen molar-refractivity contribution in [1.29, 1.82) is 0 Å². The maximum atomic E-state index is 13.4. The Bertz CT molecular complexity index is 1650. The fourth-order valence-electron chi connectivity index (χ4n) is 7.00. The van der Waals surface area contributed by atoms with Crippen LogP contribution in [0.4, 0.5) is 5.69 Å². The monoisotopic (exact) mass is 548 g/mol. The lowest BCUT2D eigenvalue weighted by molar-refractivity contribution is -0.120. The highest BCUT2D eigenvalue weighted by molar-refractivity contribution is 6.11. The molecule has 41 heavy (non-hydrogen) atoms. The molecule has 1 aliphatic carbocycles. The molecule has 0 radical (unpaired) electrons. The number of hydrogen-bond acceptors (Lipinski definition) is 5. The molecular formula is C34H36N4O3. The van der Waals surface area contributed by atoms with Crippen LogP contribution in [0.1, 0.15) is 54.1 Å². The van der Waals surface area contributed by atoms with Gasteiger partial charge in [-0.15, -0.1) is 0 Å². The van der Waals surface area contributed by atoms with Crippen LogP contribution >= 0.6 is 0 Å². The highest BCUT2D eigenvalue weighted by atomic mass is 16.5. The number of nitrogens with zero attached hydrogens (tertiary/aromatic N) is 3. The number of aromatic amines is 1. The molecule has 0 unspecified atom stereocenters. The van der Waals surface area contributed by atoms with Gasteiger partial charge in [0.2, 0.25) is 5.91 Å². The van der Waals surface area contributed by atoms with Crippen molar-refractivity contribution in [3.05, 3.63) is 88.6 Å². The SMILES string of the molecule is COc1ccc2c(c1)[C@]1(C[C@H]1c1ccc3c(/C=C/c4ccc(CN5C[C@@H](C)O[C@@H](C)C5)cc4)n[nH]c3c1)C(=O)N2C. The average Bonchev–Trinajstić information content (AvgIpc) is 3.55. The number of benzene rings is 3. The summed E-state index contributed by atoms with van der Waals surface area (Å²) in [6.45, 7) is 7.17. The van der Waals surface area contributed by atoms with Crippen LogP contribution in [0.15, 0.2) is 60.7 Å². The fraction of sp³-hybridized carbons (Fsp3) is 0.353. The second-order valence-electron chi connectivity index (χ2n) is 11.9. The number of anilines is 1. The largest absolute Gasteiger partial charge is 0.497 e. The molecule has 3 aromatic carbocycles. The zero-order valence-corrected chi connectivity index (χ0v) is 24.1. The molecule has 210 valence electrons. The summed E-state index contributed by atoms with van der Waals surface area (Å²) in [6.07, 6.45) is 5.54. The quantitative estimate of drug-likeness (QED) is 0.332. The Morgan fingerprint density at radius 2 is 1.83 bits per heavy atom. The highest BCUT2D eigenvalue weighted by Gasteiger charge is 2.66. The maximum Gasteiger partial charge on any atom is 0.238 e. The summed E-state index contributed by atoms with van der Waals surface area (Å²) in [5, 5.41) is 8.88. The molecule has 7 nitrogen and oxygen atoms in total. The summed E-state index contributed by atoms with van der Waals surface area (Å²) in [7, 11) is 3.53. The Labute approximate surface area is 240 Å². The second-order valence-corrected chi connectivity index (χ2v) is 11.9. The Hall–Kier alpha value is -3.94. The van der Waals surface area contributed by atoms with Gasteiger partial charge >= 0.3 is 0 Å². The van der Waals surface area contributed by atoms with Crippen molar-refractivity contribution in [2.24, 2.45) is 0 Å². The number of morpholine rings is 1. The van der Waals surface area contributed by atoms with Crippen LogP contribution in [0.3, 0.4) is 0 Å². The first kappa shape index (κ1) is 26.0. The zero-order valence-electron chi connectivity index (χ0n) is 24.1. The molecule has 1 spiro atoms. The number of H-pyrrole nitrogens is 1. The Kier molecular flexibility index (Phi) is 6.25. The van der Waals surface area contributed by atoms with E-state index in [2.05, 4.69) is 83.6 Å². The van der Waals surface area contributed by atoms with Crippen LogP contribution in [0.2, 0.25) is 0 Å². The number of rotatable bonds is 6. The molecule has 2 aliphatic heterocycles. The third-order valence-corrected chi connectivity index (χ3v) is 9.03. The van der Waals surface area contributed by atoms with E-state index >= 15 is 0 Å². The van der Waals surface area contributed by atoms with Crippen molar-refractivity contribution in [3.8, 4) is 5.75 Å². The topological polar surface area (TPSA) is 70.7 Å². The number of ether oxygens (including phenoxy) is 2. The molecule has 1 N–H and O–H groups in total. The third kappa shape index (κ3) is 4.44. The Morgan fingerprint density at radius 3 is 2.59 bits per heavy atom. The summed E-state index contributed by atoms with van der Waals surface area (Å²) in [6, 6.07) is 21.1. The van der Waals surface area contributed by atoms with Crippen molar-refractivity contribution in [2.75, 3.05) is 32.1 Å². The van der Waals surface area contributed by atoms with Gasteiger partial charge in [-0.05, 0) is 72.9 Å². The van der Waals surface area contributed by atoms with Crippen LogP contribution in [-0.4, -0.2) is 60.5 Å². The van der Waals surface area contributed by atoms with Gasteiger partial charge in [0, 0.05) is 43.7 Å². The summed E-state index contributed by atoms with van der Waals surface area (Å²) < 4.78 is 11.3. The van der Waals surface area contributed by atoms with Crippen molar-refractivity contribution in [2.45, 2.75) is 50.4 Å². The summed E-state index contributed by atoms with van der Waals surface area (Å²) in [4.78, 5) is 17.7. The minimum atomic E-state index is -0.501. The van der Waals surface area contributed by atoms with E-state index in [4.69, 9.17) is 9.47 Å². The molecule has 0 bridgehead atoms. The summed E-state index contributed by atoms with van der Waals surface area (Å²) in [5.41, 5.74) is 7.06. The highest BCUT2D eigenvalue weighted by Crippen LogP contribution is 2.66. The van der Waals surface area contributed by atoms with Gasteiger partial charge in [0.15, 0.2) is 0 Å². The molecule has 7 heteroatoms. The van der Waals surface area contributed by atoms with E-state index in [1.54, 1.807) is 12.0 Å². The Morgan fingerprint density at radius 1 is 1.05 bits per heavy atom. The van der Waals surface area contributed by atoms with Gasteiger partial charge < -0.3 is 14.4 Å². The van der Waals surface area contributed by atoms with E-state index < -0.39 is 5.41 Å². The molecule has 4 atom stereocenters. The van der Waals surface area contributed by atoms with Gasteiger partial charge in [0.25, 0.3) is 0 Å². The first-order valence-electron chi connectivity index (χ1n) is 14.5. The smallest absolute Gasteiger partial charge is 0.238 e. The normalized spacial score (nSPS) is 25.9. The van der Waals surface area contributed by atoms with Crippen molar-refractivity contribution in [3.63, 3.8) is 0 Å². The van der Waals surface area contributed by atoms with Crippen molar-refractivity contribution in [1.82, 2.24) is 15.1 Å². The average molecular weight is 549 g/mol. The van der Waals surface area contributed by atoms with E-state index in [-0.39, 0.29) is 24.0 Å². The van der Waals surface area contributed by atoms with Crippen LogP contribution in [0.5, 0.6) is 5.75 Å². The molecule has 1 saturated heterocycles. The number of aromatic nitrogens is 2. The molecule has 2 fully saturated rings. The standard InChI is InChI=1S/C34H36N4O3/c1-21-18-38(19-22(2)41-21)20-24-7-5-23(6-8-24)9-13-30-27-12-10-25(15-31(27)36-35-30)29-17-34(29)28-16-26(40-4)11-14-32(28)37(3)33(34)39/h5-16,21-22,29H,17-20H2,1-4H3,(H,35,36)/b13-9+/t21-,22+,29-,34-/m0/s1. The number of nitrogens with one attached hydrogen (secondary N) is 1. The van der Waals surface area contributed by atoms with Crippen LogP contribution in [0.25, 0.3) is 23.1 Å². The van der Waals surface area contributed by atoms with Crippen LogP contribution in [0, 0.1) is 0 Å². The lowest BCUT2D eigenvalue weighted by Crippen LogP contribution is -2.44. The second kappa shape index (κ2) is 9.86. The maximum absolute atomic E-state index is 13.4. The number of amides is 1. The van der Waals surface area contributed by atoms with E-state index in [0.29, 0.717) is 0 Å². The predicted molar refractivity (Wildman–Crippen MR) is 162 cm³/mol. The first-order chi connectivity index (χ1) is 19.9. The molecule has 1 amide bonds.